The van der Waals surface area contributed by atoms with E-state index in [-0.39, 0.29) is 5.56 Å². The van der Waals surface area contributed by atoms with E-state index in [1.54, 1.807) is 24.5 Å². The molecule has 8 heteroatoms. The monoisotopic (exact) mass is 497 g/mol. The van der Waals surface area contributed by atoms with Crippen LogP contribution in [-0.2, 0) is 23.3 Å². The minimum absolute atomic E-state index is 0.221. The Morgan fingerprint density at radius 1 is 0.889 bits per heavy atom. The first kappa shape index (κ1) is 25.9. The average molecular weight is 498 g/mol. The fourth-order valence-corrected chi connectivity index (χ4v) is 4.47. The van der Waals surface area contributed by atoms with Gasteiger partial charge in [-0.25, -0.2) is 0 Å². The molecule has 0 saturated carbocycles. The molecule has 2 aromatic carbocycles. The molecule has 1 aromatic heterocycles. The zero-order valence-corrected chi connectivity index (χ0v) is 20.4. The van der Waals surface area contributed by atoms with Crippen LogP contribution in [0.1, 0.15) is 30.5 Å². The fraction of sp³-hybridized carbons (Fsp3) is 0.357. The van der Waals surface area contributed by atoms with Gasteiger partial charge in [0.25, 0.3) is 0 Å². The minimum atomic E-state index is -4.32. The number of piperazine rings is 1. The minimum Gasteiger partial charge on any atom is -0.480 e. The van der Waals surface area contributed by atoms with Crippen molar-refractivity contribution in [2.45, 2.75) is 44.6 Å². The van der Waals surface area contributed by atoms with Crippen LogP contribution >= 0.6 is 0 Å². The number of rotatable bonds is 7. The summed E-state index contributed by atoms with van der Waals surface area (Å²) in [6.07, 6.45) is -0.850. The molecule has 0 unspecified atom stereocenters. The van der Waals surface area contributed by atoms with E-state index in [2.05, 4.69) is 9.88 Å². The van der Waals surface area contributed by atoms with Gasteiger partial charge in [-0.2, -0.15) is 13.2 Å². The Morgan fingerprint density at radius 2 is 1.44 bits per heavy atom. The highest BCUT2D eigenvalue weighted by Crippen LogP contribution is 2.40. The zero-order chi connectivity index (χ0) is 25.9. The van der Waals surface area contributed by atoms with E-state index >= 15 is 0 Å². The summed E-state index contributed by atoms with van der Waals surface area (Å²) in [5.74, 6) is -0.840. The number of aliphatic carboxylic acids is 1. The molecular weight excluding hydrogens is 467 g/mol. The third kappa shape index (κ3) is 5.77. The normalized spacial score (nSPS) is 17.8. The second-order valence-electron chi connectivity index (χ2n) is 9.81. The van der Waals surface area contributed by atoms with Crippen LogP contribution in [0.25, 0.3) is 11.1 Å². The zero-order valence-electron chi connectivity index (χ0n) is 20.4. The summed E-state index contributed by atoms with van der Waals surface area (Å²) in [6.45, 7) is 5.41. The SMILES string of the molecule is CC(C)(c1ccc(-c2ccc(CN3CCN(Cc4ccncc4)C[C@H]3C(=O)O)cc2)cc1)C(F)(F)F. The Bertz CT molecular complexity index is 1160. The molecule has 190 valence electrons. The van der Waals surface area contributed by atoms with Crippen molar-refractivity contribution in [3.05, 3.63) is 89.7 Å². The van der Waals surface area contributed by atoms with E-state index in [4.69, 9.17) is 0 Å². The molecule has 1 fully saturated rings. The van der Waals surface area contributed by atoms with E-state index in [1.165, 1.54) is 26.0 Å². The van der Waals surface area contributed by atoms with E-state index in [0.29, 0.717) is 26.2 Å². The van der Waals surface area contributed by atoms with E-state index in [0.717, 1.165) is 28.8 Å². The molecule has 1 aliphatic heterocycles. The Morgan fingerprint density at radius 3 is 2.00 bits per heavy atom. The quantitative estimate of drug-likeness (QED) is 0.476. The Kier molecular flexibility index (Phi) is 7.47. The van der Waals surface area contributed by atoms with E-state index in [1.807, 2.05) is 41.3 Å². The van der Waals surface area contributed by atoms with Gasteiger partial charge in [0.1, 0.15) is 6.04 Å². The number of carbonyl (C=O) groups is 1. The molecule has 0 aliphatic carbocycles. The number of alkyl halides is 3. The third-order valence-corrected chi connectivity index (χ3v) is 7.00. The van der Waals surface area contributed by atoms with Crippen molar-refractivity contribution in [1.82, 2.24) is 14.8 Å². The predicted octanol–water partition coefficient (Wildman–Crippen LogP) is 5.36. The average Bonchev–Trinajstić information content (AvgIpc) is 2.85. The van der Waals surface area contributed by atoms with Gasteiger partial charge in [-0.15, -0.1) is 0 Å². The van der Waals surface area contributed by atoms with Crippen LogP contribution in [0.2, 0.25) is 0 Å². The lowest BCUT2D eigenvalue weighted by Crippen LogP contribution is -2.55. The maximum Gasteiger partial charge on any atom is 0.397 e. The molecule has 1 atom stereocenters. The first-order chi connectivity index (χ1) is 17.0. The summed E-state index contributed by atoms with van der Waals surface area (Å²) in [6, 6.07) is 17.5. The van der Waals surface area contributed by atoms with Gasteiger partial charge in [0.2, 0.25) is 0 Å². The molecule has 1 aliphatic rings. The topological polar surface area (TPSA) is 56.7 Å². The smallest absolute Gasteiger partial charge is 0.397 e. The van der Waals surface area contributed by atoms with Crippen LogP contribution in [0.4, 0.5) is 13.2 Å². The molecule has 4 rings (SSSR count). The number of carboxylic acid groups (broad SMARTS) is 1. The van der Waals surface area contributed by atoms with Crippen LogP contribution in [0.5, 0.6) is 0 Å². The molecule has 0 spiro atoms. The molecule has 1 saturated heterocycles. The molecular formula is C28H30F3N3O2. The number of nitrogens with zero attached hydrogens (tertiary/aromatic N) is 3. The van der Waals surface area contributed by atoms with Gasteiger partial charge < -0.3 is 5.11 Å². The second-order valence-corrected chi connectivity index (χ2v) is 9.81. The van der Waals surface area contributed by atoms with E-state index in [9.17, 15) is 23.1 Å². The summed E-state index contributed by atoms with van der Waals surface area (Å²) in [4.78, 5) is 20.2. The maximum atomic E-state index is 13.3. The van der Waals surface area contributed by atoms with Crippen LogP contribution in [0, 0.1) is 0 Å². The summed E-state index contributed by atoms with van der Waals surface area (Å²) in [5, 5.41) is 9.84. The van der Waals surface area contributed by atoms with Crippen molar-refractivity contribution < 1.29 is 23.1 Å². The molecule has 36 heavy (non-hydrogen) atoms. The number of benzene rings is 2. The molecule has 2 heterocycles. The fourth-order valence-electron chi connectivity index (χ4n) is 4.47. The molecule has 0 amide bonds. The number of carboxylic acids is 1. The summed E-state index contributed by atoms with van der Waals surface area (Å²) < 4.78 is 40.0. The standard InChI is InChI=1S/C28H30F3N3O2/c1-27(2,28(29,30)31)24-9-7-23(8-10-24)22-5-3-20(4-6-22)18-34-16-15-33(19-25(34)26(35)36)17-21-11-13-32-14-12-21/h3-14,25H,15-19H2,1-2H3,(H,35,36)/t25-/m0/s1. The third-order valence-electron chi connectivity index (χ3n) is 7.00. The first-order valence-corrected chi connectivity index (χ1v) is 11.9. The predicted molar refractivity (Wildman–Crippen MR) is 132 cm³/mol. The van der Waals surface area contributed by atoms with Gasteiger partial charge in [-0.3, -0.25) is 19.6 Å². The van der Waals surface area contributed by atoms with Gasteiger partial charge in [-0.1, -0.05) is 48.5 Å². The summed E-state index contributed by atoms with van der Waals surface area (Å²) in [7, 11) is 0. The maximum absolute atomic E-state index is 13.3. The Hall–Kier alpha value is -3.23. The van der Waals surface area contributed by atoms with Gasteiger partial charge >= 0.3 is 12.1 Å². The summed E-state index contributed by atoms with van der Waals surface area (Å²) in [5.41, 5.74) is 2.12. The largest absolute Gasteiger partial charge is 0.480 e. The number of halogens is 3. The number of hydrogen-bond acceptors (Lipinski definition) is 4. The van der Waals surface area contributed by atoms with E-state index < -0.39 is 23.6 Å². The van der Waals surface area contributed by atoms with Crippen molar-refractivity contribution >= 4 is 5.97 Å². The van der Waals surface area contributed by atoms with Crippen LogP contribution in [-0.4, -0.2) is 57.7 Å². The van der Waals surface area contributed by atoms with Gasteiger partial charge in [0, 0.05) is 45.1 Å². The number of pyridine rings is 1. The van der Waals surface area contributed by atoms with Crippen LogP contribution in [0.15, 0.2) is 73.1 Å². The highest BCUT2D eigenvalue weighted by Gasteiger charge is 2.48. The summed E-state index contributed by atoms with van der Waals surface area (Å²) >= 11 is 0. The number of hydrogen-bond donors (Lipinski definition) is 1. The van der Waals surface area contributed by atoms with Gasteiger partial charge in [-0.05, 0) is 53.8 Å². The molecule has 1 N–H and O–H groups in total. The molecule has 3 aromatic rings. The molecule has 0 bridgehead atoms. The Labute approximate surface area is 209 Å². The van der Waals surface area contributed by atoms with Crippen molar-refractivity contribution in [3.63, 3.8) is 0 Å². The van der Waals surface area contributed by atoms with Crippen molar-refractivity contribution in [2.24, 2.45) is 0 Å². The van der Waals surface area contributed by atoms with Gasteiger partial charge in [0.05, 0.1) is 5.41 Å². The highest BCUT2D eigenvalue weighted by molar-refractivity contribution is 5.74. The molecule has 5 nitrogen and oxygen atoms in total. The van der Waals surface area contributed by atoms with Crippen molar-refractivity contribution in [2.75, 3.05) is 19.6 Å². The Balaban J connectivity index is 1.41. The van der Waals surface area contributed by atoms with Crippen LogP contribution in [0.3, 0.4) is 0 Å². The van der Waals surface area contributed by atoms with Crippen molar-refractivity contribution in [1.29, 1.82) is 0 Å². The lowest BCUT2D eigenvalue weighted by molar-refractivity contribution is -0.180. The first-order valence-electron chi connectivity index (χ1n) is 11.9. The van der Waals surface area contributed by atoms with Crippen molar-refractivity contribution in [3.8, 4) is 11.1 Å². The highest BCUT2D eigenvalue weighted by atomic mass is 19.4. The number of aromatic nitrogens is 1. The lowest BCUT2D eigenvalue weighted by Gasteiger charge is -2.39. The van der Waals surface area contributed by atoms with Crippen LogP contribution < -0.4 is 0 Å². The van der Waals surface area contributed by atoms with Gasteiger partial charge in [0.15, 0.2) is 0 Å². The molecule has 0 radical (unpaired) electrons. The second kappa shape index (κ2) is 10.4. The lowest BCUT2D eigenvalue weighted by atomic mass is 9.83.